The number of aromatic nitrogens is 1. The Bertz CT molecular complexity index is 564. The molecule has 92 valence electrons. The van der Waals surface area contributed by atoms with Crippen LogP contribution in [-0.4, -0.2) is 10.9 Å². The molecule has 0 saturated heterocycles. The Labute approximate surface area is 101 Å². The van der Waals surface area contributed by atoms with E-state index in [1.165, 1.54) is 24.4 Å². The van der Waals surface area contributed by atoms with E-state index in [0.29, 0.717) is 5.69 Å². The molecule has 18 heavy (non-hydrogen) atoms. The van der Waals surface area contributed by atoms with Crippen molar-refractivity contribution in [3.8, 4) is 0 Å². The first-order chi connectivity index (χ1) is 8.58. The van der Waals surface area contributed by atoms with Crippen molar-refractivity contribution in [3.05, 3.63) is 53.7 Å². The average Bonchev–Trinajstić information content (AvgIpc) is 2.32. The molecule has 0 unspecified atom stereocenters. The van der Waals surface area contributed by atoms with Crippen LogP contribution in [0.15, 0.2) is 36.5 Å². The van der Waals surface area contributed by atoms with Crippen LogP contribution in [-0.2, 0) is 0 Å². The number of nitrogens with one attached hydrogen (secondary N) is 1. The third-order valence-corrected chi connectivity index (χ3v) is 2.22. The molecule has 1 aromatic heterocycles. The zero-order valence-corrected chi connectivity index (χ0v) is 9.15. The highest BCUT2D eigenvalue weighted by molar-refractivity contribution is 6.04. The van der Waals surface area contributed by atoms with E-state index in [0.717, 1.165) is 12.1 Å². The van der Waals surface area contributed by atoms with E-state index in [2.05, 4.69) is 10.3 Å². The van der Waals surface area contributed by atoms with Crippen molar-refractivity contribution in [3.63, 3.8) is 0 Å². The number of carbonyl (C=O) groups excluding carboxylic acids is 1. The van der Waals surface area contributed by atoms with E-state index in [-0.39, 0.29) is 5.82 Å². The van der Waals surface area contributed by atoms with Gasteiger partial charge in [0.2, 0.25) is 0 Å². The molecule has 0 bridgehead atoms. The summed E-state index contributed by atoms with van der Waals surface area (Å²) in [6.07, 6.45) is 1.33. The Hall–Kier alpha value is -2.50. The van der Waals surface area contributed by atoms with Crippen LogP contribution in [0.4, 0.5) is 20.3 Å². The molecular weight excluding hydrogens is 240 g/mol. The van der Waals surface area contributed by atoms with E-state index in [1.807, 2.05) is 0 Å². The monoisotopic (exact) mass is 249 g/mol. The molecule has 0 aliphatic carbocycles. The molecule has 2 rings (SSSR count). The Morgan fingerprint density at radius 3 is 2.39 bits per heavy atom. The number of nitrogens with zero attached hydrogens (tertiary/aromatic N) is 1. The van der Waals surface area contributed by atoms with Crippen LogP contribution in [0.5, 0.6) is 0 Å². The zero-order valence-electron chi connectivity index (χ0n) is 9.15. The third kappa shape index (κ3) is 2.42. The lowest BCUT2D eigenvalue weighted by atomic mass is 10.2. The predicted molar refractivity (Wildman–Crippen MR) is 63.0 cm³/mol. The van der Waals surface area contributed by atoms with Crippen molar-refractivity contribution in [2.45, 2.75) is 0 Å². The minimum atomic E-state index is -0.928. The Kier molecular flexibility index (Phi) is 3.18. The van der Waals surface area contributed by atoms with Crippen molar-refractivity contribution in [1.29, 1.82) is 0 Å². The van der Waals surface area contributed by atoms with E-state index >= 15 is 0 Å². The lowest BCUT2D eigenvalue weighted by molar-refractivity contribution is 0.101. The minimum Gasteiger partial charge on any atom is -0.397 e. The van der Waals surface area contributed by atoms with Gasteiger partial charge in [-0.1, -0.05) is 6.07 Å². The number of pyridine rings is 1. The second-order valence-corrected chi connectivity index (χ2v) is 3.53. The van der Waals surface area contributed by atoms with Crippen molar-refractivity contribution < 1.29 is 13.6 Å². The van der Waals surface area contributed by atoms with Crippen LogP contribution < -0.4 is 11.1 Å². The number of benzene rings is 1. The number of hydrogen-bond donors (Lipinski definition) is 2. The molecule has 2 aromatic rings. The lowest BCUT2D eigenvalue weighted by Crippen LogP contribution is -2.16. The number of rotatable bonds is 2. The summed E-state index contributed by atoms with van der Waals surface area (Å²) in [5.74, 6) is -2.59. The fraction of sp³-hybridized carbons (Fsp3) is 0. The molecular formula is C12H9F2N3O. The molecule has 0 fully saturated rings. The fourth-order valence-electron chi connectivity index (χ4n) is 1.37. The van der Waals surface area contributed by atoms with E-state index in [4.69, 9.17) is 5.73 Å². The van der Waals surface area contributed by atoms with Gasteiger partial charge in [-0.15, -0.1) is 0 Å². The summed E-state index contributed by atoms with van der Waals surface area (Å²) >= 11 is 0. The maximum atomic E-state index is 13.3. The van der Waals surface area contributed by atoms with Crippen LogP contribution in [0.1, 0.15) is 10.4 Å². The second kappa shape index (κ2) is 4.79. The number of amides is 1. The standard InChI is InChI=1S/C12H9F2N3O/c13-8-2-1-3-9(14)11(8)12(18)17-10-5-4-7(15)6-16-10/h1-6H,15H2,(H,16,17,18). The molecule has 1 aromatic carbocycles. The summed E-state index contributed by atoms with van der Waals surface area (Å²) < 4.78 is 26.7. The molecule has 0 spiro atoms. The van der Waals surface area contributed by atoms with Crippen LogP contribution in [0.2, 0.25) is 0 Å². The molecule has 0 atom stereocenters. The van der Waals surface area contributed by atoms with Gasteiger partial charge in [-0.2, -0.15) is 0 Å². The van der Waals surface area contributed by atoms with Gasteiger partial charge in [-0.05, 0) is 24.3 Å². The van der Waals surface area contributed by atoms with Gasteiger partial charge < -0.3 is 11.1 Å². The lowest BCUT2D eigenvalue weighted by Gasteiger charge is -2.06. The summed E-state index contributed by atoms with van der Waals surface area (Å²) in [7, 11) is 0. The largest absolute Gasteiger partial charge is 0.397 e. The van der Waals surface area contributed by atoms with Crippen LogP contribution in [0.3, 0.4) is 0 Å². The zero-order chi connectivity index (χ0) is 13.1. The summed E-state index contributed by atoms with van der Waals surface area (Å²) in [4.78, 5) is 15.5. The van der Waals surface area contributed by atoms with Crippen molar-refractivity contribution in [1.82, 2.24) is 4.98 Å². The first-order valence-corrected chi connectivity index (χ1v) is 5.05. The molecule has 0 saturated carbocycles. The summed E-state index contributed by atoms with van der Waals surface area (Å²) in [5.41, 5.74) is 5.20. The van der Waals surface area contributed by atoms with E-state index < -0.39 is 23.1 Å². The van der Waals surface area contributed by atoms with Crippen LogP contribution in [0, 0.1) is 11.6 Å². The normalized spacial score (nSPS) is 10.1. The summed E-state index contributed by atoms with van der Waals surface area (Å²) in [6, 6.07) is 6.15. The van der Waals surface area contributed by atoms with Crippen LogP contribution in [0.25, 0.3) is 0 Å². The Morgan fingerprint density at radius 2 is 1.83 bits per heavy atom. The maximum absolute atomic E-state index is 13.3. The third-order valence-electron chi connectivity index (χ3n) is 2.22. The van der Waals surface area contributed by atoms with Gasteiger partial charge in [-0.25, -0.2) is 13.8 Å². The number of anilines is 2. The number of hydrogen-bond acceptors (Lipinski definition) is 3. The average molecular weight is 249 g/mol. The first kappa shape index (κ1) is 12.0. The van der Waals surface area contributed by atoms with Gasteiger partial charge >= 0.3 is 0 Å². The quantitative estimate of drug-likeness (QED) is 0.857. The van der Waals surface area contributed by atoms with E-state index in [9.17, 15) is 13.6 Å². The van der Waals surface area contributed by atoms with Gasteiger partial charge in [0.15, 0.2) is 0 Å². The van der Waals surface area contributed by atoms with Gasteiger partial charge in [0.1, 0.15) is 23.0 Å². The van der Waals surface area contributed by atoms with Gasteiger partial charge in [0.25, 0.3) is 5.91 Å². The molecule has 1 heterocycles. The van der Waals surface area contributed by atoms with Gasteiger partial charge in [0.05, 0.1) is 11.9 Å². The molecule has 0 radical (unpaired) electrons. The summed E-state index contributed by atoms with van der Waals surface area (Å²) in [5, 5.41) is 2.28. The molecule has 1 amide bonds. The molecule has 3 N–H and O–H groups in total. The topological polar surface area (TPSA) is 68.0 Å². The van der Waals surface area contributed by atoms with E-state index in [1.54, 1.807) is 0 Å². The number of halogens is 2. The van der Waals surface area contributed by atoms with Crippen molar-refractivity contribution >= 4 is 17.4 Å². The summed E-state index contributed by atoms with van der Waals surface area (Å²) in [6.45, 7) is 0. The Balaban J connectivity index is 2.25. The van der Waals surface area contributed by atoms with Crippen molar-refractivity contribution in [2.75, 3.05) is 11.1 Å². The number of nitrogens with two attached hydrogens (primary N) is 1. The predicted octanol–water partition coefficient (Wildman–Crippen LogP) is 2.19. The highest BCUT2D eigenvalue weighted by atomic mass is 19.1. The highest BCUT2D eigenvalue weighted by Crippen LogP contribution is 2.14. The highest BCUT2D eigenvalue weighted by Gasteiger charge is 2.17. The smallest absolute Gasteiger partial charge is 0.262 e. The molecule has 6 heteroatoms. The van der Waals surface area contributed by atoms with Crippen LogP contribution >= 0.6 is 0 Å². The number of carbonyl (C=O) groups is 1. The maximum Gasteiger partial charge on any atom is 0.262 e. The first-order valence-electron chi connectivity index (χ1n) is 5.05. The molecule has 0 aliphatic heterocycles. The Morgan fingerprint density at radius 1 is 1.17 bits per heavy atom. The van der Waals surface area contributed by atoms with Gasteiger partial charge in [0, 0.05) is 0 Å². The van der Waals surface area contributed by atoms with Gasteiger partial charge in [-0.3, -0.25) is 4.79 Å². The fourth-order valence-corrected chi connectivity index (χ4v) is 1.37. The molecule has 4 nitrogen and oxygen atoms in total. The SMILES string of the molecule is Nc1ccc(NC(=O)c2c(F)cccc2F)nc1. The second-order valence-electron chi connectivity index (χ2n) is 3.53. The van der Waals surface area contributed by atoms with Crippen molar-refractivity contribution in [2.24, 2.45) is 0 Å². The molecule has 0 aliphatic rings. The number of nitrogen functional groups attached to an aromatic ring is 1. The minimum absolute atomic E-state index is 0.164.